The molecule has 0 spiro atoms. The lowest BCUT2D eigenvalue weighted by Crippen LogP contribution is -2.10. The largest absolute Gasteiger partial charge is 0.483 e. The van der Waals surface area contributed by atoms with Crippen LogP contribution in [0.1, 0.15) is 25.1 Å². The van der Waals surface area contributed by atoms with Crippen molar-refractivity contribution in [2.45, 2.75) is 33.3 Å². The fourth-order valence-electron chi connectivity index (χ4n) is 2.31. The van der Waals surface area contributed by atoms with E-state index in [4.69, 9.17) is 18.9 Å². The topological polar surface area (TPSA) is 84.7 Å². The zero-order chi connectivity index (χ0) is 19.5. The van der Waals surface area contributed by atoms with Crippen molar-refractivity contribution in [1.82, 2.24) is 15.0 Å². The molecule has 0 radical (unpaired) electrons. The van der Waals surface area contributed by atoms with Gasteiger partial charge in [-0.2, -0.15) is 0 Å². The van der Waals surface area contributed by atoms with Crippen LogP contribution < -0.4 is 9.47 Å². The molecular formula is C18H26BN3O5. The lowest BCUT2D eigenvalue weighted by atomic mass is 9.97. The van der Waals surface area contributed by atoms with Crippen molar-refractivity contribution < 1.29 is 23.7 Å². The van der Waals surface area contributed by atoms with Crippen molar-refractivity contribution in [3.8, 4) is 11.5 Å². The number of hydrogen-bond acceptors (Lipinski definition) is 7. The Balaban J connectivity index is 1.86. The highest BCUT2D eigenvalue weighted by molar-refractivity contribution is 6.08. The Morgan fingerprint density at radius 3 is 2.74 bits per heavy atom. The predicted octanol–water partition coefficient (Wildman–Crippen LogP) is 0.969. The van der Waals surface area contributed by atoms with Gasteiger partial charge < -0.3 is 18.9 Å². The normalized spacial score (nSPS) is 10.7. The van der Waals surface area contributed by atoms with Crippen molar-refractivity contribution in [2.24, 2.45) is 0 Å². The summed E-state index contributed by atoms with van der Waals surface area (Å²) in [5.74, 6) is 0.521. The van der Waals surface area contributed by atoms with Crippen LogP contribution in [0.2, 0.25) is 0 Å². The van der Waals surface area contributed by atoms with Gasteiger partial charge in [-0.15, -0.1) is 5.10 Å². The van der Waals surface area contributed by atoms with Crippen molar-refractivity contribution in [3.05, 3.63) is 35.7 Å². The number of esters is 1. The van der Waals surface area contributed by atoms with E-state index in [-0.39, 0.29) is 12.6 Å². The highest BCUT2D eigenvalue weighted by Crippen LogP contribution is 2.29. The second kappa shape index (κ2) is 11.4. The first kappa shape index (κ1) is 20.9. The Morgan fingerprint density at radius 1 is 1.19 bits per heavy atom. The van der Waals surface area contributed by atoms with Crippen LogP contribution in [0, 0.1) is 0 Å². The number of aromatic nitrogens is 3. The van der Waals surface area contributed by atoms with Crippen LogP contribution in [0.25, 0.3) is 0 Å². The Hall–Kier alpha value is -2.39. The number of carbonyl (C=O) groups excluding carboxylic acids is 1. The monoisotopic (exact) mass is 375 g/mol. The number of ether oxygens (including phenoxy) is 4. The maximum absolute atomic E-state index is 11.3. The number of carbonyl (C=O) groups is 1. The maximum atomic E-state index is 11.3. The zero-order valence-corrected chi connectivity index (χ0v) is 16.1. The number of benzene rings is 1. The van der Waals surface area contributed by atoms with E-state index in [9.17, 15) is 4.79 Å². The van der Waals surface area contributed by atoms with Gasteiger partial charge in [-0.25, -0.2) is 4.68 Å². The summed E-state index contributed by atoms with van der Waals surface area (Å²) in [7, 11) is 2.05. The molecule has 2 rings (SSSR count). The van der Waals surface area contributed by atoms with E-state index >= 15 is 0 Å². The predicted molar refractivity (Wildman–Crippen MR) is 102 cm³/mol. The van der Waals surface area contributed by atoms with E-state index in [2.05, 4.69) is 10.3 Å². The molecule has 0 amide bonds. The summed E-state index contributed by atoms with van der Waals surface area (Å²) in [5, 5.41) is 8.15. The molecule has 0 unspecified atom stereocenters. The average molecular weight is 375 g/mol. The molecule has 0 fully saturated rings. The van der Waals surface area contributed by atoms with Gasteiger partial charge in [0.15, 0.2) is 11.5 Å². The number of nitrogens with zero attached hydrogens (tertiary/aromatic N) is 3. The lowest BCUT2D eigenvalue weighted by molar-refractivity contribution is -0.132. The number of hydrogen-bond donors (Lipinski definition) is 0. The van der Waals surface area contributed by atoms with E-state index < -0.39 is 0 Å². The Labute approximate surface area is 160 Å². The smallest absolute Gasteiger partial charge is 0.308 e. The Morgan fingerprint density at radius 2 is 2.00 bits per heavy atom. The molecular weight excluding hydrogens is 349 g/mol. The van der Waals surface area contributed by atoms with Gasteiger partial charge in [0.25, 0.3) is 0 Å². The van der Waals surface area contributed by atoms with Crippen molar-refractivity contribution in [1.29, 1.82) is 0 Å². The average Bonchev–Trinajstić information content (AvgIpc) is 3.11. The Kier molecular flexibility index (Phi) is 8.80. The Bertz CT molecular complexity index is 723. The SMILES string of the molecule is BCc1ccc(OC(C)=O)c(OCc2cn(CCOCCOCC)nn2)c1. The first-order valence-corrected chi connectivity index (χ1v) is 9.11. The van der Waals surface area contributed by atoms with Crippen LogP contribution in [0.3, 0.4) is 0 Å². The molecule has 0 atom stereocenters. The maximum Gasteiger partial charge on any atom is 0.308 e. The third-order valence-corrected chi connectivity index (χ3v) is 3.67. The van der Waals surface area contributed by atoms with Crippen LogP contribution in [-0.2, 0) is 33.7 Å². The summed E-state index contributed by atoms with van der Waals surface area (Å²) >= 11 is 0. The molecule has 146 valence electrons. The molecule has 0 bridgehead atoms. The van der Waals surface area contributed by atoms with Crippen LogP contribution in [0.15, 0.2) is 24.4 Å². The summed E-state index contributed by atoms with van der Waals surface area (Å²) in [6.07, 6.45) is 2.66. The van der Waals surface area contributed by atoms with E-state index in [1.807, 2.05) is 26.9 Å². The minimum absolute atomic E-state index is 0.229. The van der Waals surface area contributed by atoms with Gasteiger partial charge in [0.2, 0.25) is 0 Å². The first-order chi connectivity index (χ1) is 13.1. The van der Waals surface area contributed by atoms with E-state index in [1.165, 1.54) is 6.92 Å². The lowest BCUT2D eigenvalue weighted by Gasteiger charge is -2.11. The summed E-state index contributed by atoms with van der Waals surface area (Å²) in [6, 6.07) is 5.52. The second-order valence-electron chi connectivity index (χ2n) is 5.80. The van der Waals surface area contributed by atoms with Gasteiger partial charge in [0, 0.05) is 13.5 Å². The first-order valence-electron chi connectivity index (χ1n) is 9.11. The summed E-state index contributed by atoms with van der Waals surface area (Å²) in [6.45, 7) is 6.52. The van der Waals surface area contributed by atoms with E-state index in [0.717, 1.165) is 11.9 Å². The quantitative estimate of drug-likeness (QED) is 0.237. The summed E-state index contributed by atoms with van der Waals surface area (Å²) in [5.41, 5.74) is 1.77. The van der Waals surface area contributed by atoms with Crippen molar-refractivity contribution >= 4 is 13.8 Å². The molecule has 1 heterocycles. The van der Waals surface area contributed by atoms with Crippen LogP contribution in [0.4, 0.5) is 0 Å². The molecule has 0 aliphatic rings. The van der Waals surface area contributed by atoms with E-state index in [0.29, 0.717) is 50.2 Å². The molecule has 27 heavy (non-hydrogen) atoms. The zero-order valence-electron chi connectivity index (χ0n) is 16.1. The summed E-state index contributed by atoms with van der Waals surface area (Å²) in [4.78, 5) is 11.3. The molecule has 0 aliphatic carbocycles. The minimum atomic E-state index is -0.389. The molecule has 0 N–H and O–H groups in total. The van der Waals surface area contributed by atoms with Gasteiger partial charge >= 0.3 is 5.97 Å². The van der Waals surface area contributed by atoms with Crippen molar-refractivity contribution in [3.63, 3.8) is 0 Å². The van der Waals surface area contributed by atoms with Crippen LogP contribution in [-0.4, -0.2) is 55.2 Å². The van der Waals surface area contributed by atoms with Crippen molar-refractivity contribution in [2.75, 3.05) is 26.4 Å². The highest BCUT2D eigenvalue weighted by atomic mass is 16.6. The molecule has 9 heteroatoms. The van der Waals surface area contributed by atoms with Gasteiger partial charge in [0.05, 0.1) is 32.6 Å². The fourth-order valence-corrected chi connectivity index (χ4v) is 2.31. The van der Waals surface area contributed by atoms with Gasteiger partial charge in [-0.05, 0) is 19.1 Å². The molecule has 0 saturated heterocycles. The second-order valence-corrected chi connectivity index (χ2v) is 5.80. The van der Waals surface area contributed by atoms with Gasteiger partial charge in [0.1, 0.15) is 20.1 Å². The van der Waals surface area contributed by atoms with Crippen LogP contribution >= 0.6 is 0 Å². The molecule has 0 saturated carbocycles. The van der Waals surface area contributed by atoms with Gasteiger partial charge in [-0.1, -0.05) is 23.2 Å². The standard InChI is InChI=1S/C18H26BN3O5/c1-3-24-8-9-25-7-6-22-12-16(20-21-22)13-26-18-10-15(11-19)4-5-17(18)27-14(2)23/h4-5,10,12H,3,6-9,11,13,19H2,1-2H3. The molecule has 1 aromatic heterocycles. The number of rotatable bonds is 12. The molecule has 1 aromatic carbocycles. The van der Waals surface area contributed by atoms with Gasteiger partial charge in [-0.3, -0.25) is 4.79 Å². The fraction of sp³-hybridized carbons (Fsp3) is 0.500. The molecule has 2 aromatic rings. The third kappa shape index (κ3) is 7.40. The highest BCUT2D eigenvalue weighted by Gasteiger charge is 2.10. The van der Waals surface area contributed by atoms with E-state index in [1.54, 1.807) is 16.9 Å². The van der Waals surface area contributed by atoms with Crippen LogP contribution in [0.5, 0.6) is 11.5 Å². The molecule has 8 nitrogen and oxygen atoms in total. The third-order valence-electron chi connectivity index (χ3n) is 3.67. The minimum Gasteiger partial charge on any atom is -0.483 e. The summed E-state index contributed by atoms with van der Waals surface area (Å²) < 4.78 is 23.4. The molecule has 0 aliphatic heterocycles.